The highest BCUT2D eigenvalue weighted by Crippen LogP contribution is 2.29. The zero-order valence-electron chi connectivity index (χ0n) is 10.2. The van der Waals surface area contributed by atoms with Gasteiger partial charge in [0.25, 0.3) is 0 Å². The maximum atomic E-state index is 11.8. The Labute approximate surface area is 115 Å². The second-order valence-corrected chi connectivity index (χ2v) is 6.62. The van der Waals surface area contributed by atoms with Crippen molar-refractivity contribution in [1.82, 2.24) is 10.2 Å². The van der Waals surface area contributed by atoms with Crippen LogP contribution in [0.4, 0.5) is 5.13 Å². The first-order valence-corrected chi connectivity index (χ1v) is 7.95. The Morgan fingerprint density at radius 2 is 2.28 bits per heavy atom. The summed E-state index contributed by atoms with van der Waals surface area (Å²) in [4.78, 5) is 11.8. The Bertz CT molecular complexity index is 413. The molecule has 18 heavy (non-hydrogen) atoms. The van der Waals surface area contributed by atoms with E-state index in [0.717, 1.165) is 10.1 Å². The molecule has 2 rings (SSSR count). The molecule has 0 saturated heterocycles. The maximum Gasteiger partial charge on any atom is 0.226 e. The molecule has 0 aromatic carbocycles. The van der Waals surface area contributed by atoms with Gasteiger partial charge in [0.1, 0.15) is 0 Å². The van der Waals surface area contributed by atoms with Gasteiger partial charge in [0, 0.05) is 12.2 Å². The molecule has 1 amide bonds. The van der Waals surface area contributed by atoms with E-state index in [1.165, 1.54) is 37.0 Å². The minimum absolute atomic E-state index is 0.0679. The Morgan fingerprint density at radius 3 is 3.00 bits per heavy atom. The minimum Gasteiger partial charge on any atom is -0.300 e. The monoisotopic (exact) mass is 283 g/mol. The summed E-state index contributed by atoms with van der Waals surface area (Å²) in [6.45, 7) is 3.65. The van der Waals surface area contributed by atoms with Crippen LogP contribution in [0.1, 0.15) is 32.1 Å². The summed E-state index contributed by atoms with van der Waals surface area (Å²) in [6, 6.07) is 0. The van der Waals surface area contributed by atoms with E-state index < -0.39 is 0 Å². The molecule has 98 valence electrons. The van der Waals surface area contributed by atoms with Gasteiger partial charge < -0.3 is 5.32 Å². The molecule has 1 saturated carbocycles. The van der Waals surface area contributed by atoms with Crippen molar-refractivity contribution in [3.63, 3.8) is 0 Å². The van der Waals surface area contributed by atoms with Crippen molar-refractivity contribution >= 4 is 34.1 Å². The lowest BCUT2D eigenvalue weighted by molar-refractivity contribution is -0.117. The number of rotatable bonds is 6. The van der Waals surface area contributed by atoms with Gasteiger partial charge in [-0.15, -0.1) is 16.8 Å². The molecule has 4 nitrogen and oxygen atoms in total. The van der Waals surface area contributed by atoms with Crippen LogP contribution in [0.5, 0.6) is 0 Å². The second-order valence-electron chi connectivity index (χ2n) is 4.38. The van der Waals surface area contributed by atoms with Crippen molar-refractivity contribution in [2.45, 2.75) is 36.4 Å². The zero-order valence-corrected chi connectivity index (χ0v) is 11.9. The van der Waals surface area contributed by atoms with E-state index >= 15 is 0 Å². The lowest BCUT2D eigenvalue weighted by Gasteiger charge is -2.06. The number of nitrogens with one attached hydrogen (secondary N) is 1. The molecule has 0 aliphatic heterocycles. The van der Waals surface area contributed by atoms with Gasteiger partial charge in [-0.1, -0.05) is 42.0 Å². The molecule has 0 unspecified atom stereocenters. The van der Waals surface area contributed by atoms with Crippen molar-refractivity contribution in [1.29, 1.82) is 0 Å². The lowest BCUT2D eigenvalue weighted by atomic mass is 10.0. The molecular weight excluding hydrogens is 266 g/mol. The number of anilines is 1. The standard InChI is InChI=1S/C12H17N3OS2/c1-2-7-17-12-15-14-11(18-12)13-10(16)8-9-5-3-4-6-9/h2,9H,1,3-8H2,(H,13,14,16). The fraction of sp³-hybridized carbons (Fsp3) is 0.583. The molecule has 0 bridgehead atoms. The average Bonchev–Trinajstić information content (AvgIpc) is 2.98. The Hall–Kier alpha value is -0.880. The first-order valence-electron chi connectivity index (χ1n) is 6.15. The number of aromatic nitrogens is 2. The van der Waals surface area contributed by atoms with Crippen LogP contribution < -0.4 is 5.32 Å². The van der Waals surface area contributed by atoms with Crippen LogP contribution in [0.2, 0.25) is 0 Å². The highest BCUT2D eigenvalue weighted by atomic mass is 32.2. The topological polar surface area (TPSA) is 54.9 Å². The summed E-state index contributed by atoms with van der Waals surface area (Å²) < 4.78 is 0.867. The van der Waals surface area contributed by atoms with Crippen molar-refractivity contribution in [2.75, 3.05) is 11.1 Å². The highest BCUT2D eigenvalue weighted by Gasteiger charge is 2.19. The number of carbonyl (C=O) groups excluding carboxylic acids is 1. The number of hydrogen-bond donors (Lipinski definition) is 1. The molecule has 6 heteroatoms. The van der Waals surface area contributed by atoms with E-state index in [1.54, 1.807) is 11.8 Å². The molecule has 1 fully saturated rings. The predicted molar refractivity (Wildman–Crippen MR) is 76.0 cm³/mol. The third-order valence-electron chi connectivity index (χ3n) is 2.93. The van der Waals surface area contributed by atoms with Crippen molar-refractivity contribution in [2.24, 2.45) is 5.92 Å². The van der Waals surface area contributed by atoms with Gasteiger partial charge in [-0.2, -0.15) is 0 Å². The van der Waals surface area contributed by atoms with Gasteiger partial charge in [0.2, 0.25) is 11.0 Å². The summed E-state index contributed by atoms with van der Waals surface area (Å²) in [6.07, 6.45) is 7.34. The van der Waals surface area contributed by atoms with Crippen LogP contribution in [-0.4, -0.2) is 21.9 Å². The molecule has 1 aromatic rings. The molecule has 1 heterocycles. The fourth-order valence-electron chi connectivity index (χ4n) is 2.10. The Balaban J connectivity index is 1.78. The molecule has 0 atom stereocenters. The minimum atomic E-state index is 0.0679. The second kappa shape index (κ2) is 6.89. The van der Waals surface area contributed by atoms with Gasteiger partial charge in [-0.05, 0) is 18.8 Å². The van der Waals surface area contributed by atoms with E-state index in [0.29, 0.717) is 17.5 Å². The highest BCUT2D eigenvalue weighted by molar-refractivity contribution is 8.01. The Morgan fingerprint density at radius 1 is 1.50 bits per heavy atom. The third-order valence-corrected chi connectivity index (χ3v) is 4.89. The summed E-state index contributed by atoms with van der Waals surface area (Å²) in [5, 5.41) is 11.4. The van der Waals surface area contributed by atoms with E-state index in [1.807, 2.05) is 6.08 Å². The molecule has 0 spiro atoms. The fourth-order valence-corrected chi connectivity index (χ4v) is 3.62. The van der Waals surface area contributed by atoms with Crippen LogP contribution in [0.25, 0.3) is 0 Å². The van der Waals surface area contributed by atoms with Crippen LogP contribution in [-0.2, 0) is 4.79 Å². The molecule has 1 aliphatic rings. The van der Waals surface area contributed by atoms with Crippen LogP contribution >= 0.6 is 23.1 Å². The quantitative estimate of drug-likeness (QED) is 0.494. The van der Waals surface area contributed by atoms with Crippen molar-refractivity contribution in [3.8, 4) is 0 Å². The van der Waals surface area contributed by atoms with Crippen LogP contribution in [0.3, 0.4) is 0 Å². The number of hydrogen-bond acceptors (Lipinski definition) is 5. The van der Waals surface area contributed by atoms with Crippen molar-refractivity contribution < 1.29 is 4.79 Å². The van der Waals surface area contributed by atoms with Gasteiger partial charge in [0.05, 0.1) is 0 Å². The van der Waals surface area contributed by atoms with E-state index in [2.05, 4.69) is 22.1 Å². The molecule has 0 radical (unpaired) electrons. The van der Waals surface area contributed by atoms with Gasteiger partial charge in [0.15, 0.2) is 4.34 Å². The average molecular weight is 283 g/mol. The molecule has 1 N–H and O–H groups in total. The van der Waals surface area contributed by atoms with Gasteiger partial charge >= 0.3 is 0 Å². The SMILES string of the molecule is C=CCSc1nnc(NC(=O)CC2CCCC2)s1. The van der Waals surface area contributed by atoms with Crippen LogP contribution in [0, 0.1) is 5.92 Å². The number of amides is 1. The van der Waals surface area contributed by atoms with E-state index in [-0.39, 0.29) is 5.91 Å². The maximum absolute atomic E-state index is 11.8. The molecule has 1 aromatic heterocycles. The van der Waals surface area contributed by atoms with Gasteiger partial charge in [-0.25, -0.2) is 0 Å². The van der Waals surface area contributed by atoms with Crippen LogP contribution in [0.15, 0.2) is 17.0 Å². The smallest absolute Gasteiger partial charge is 0.226 e. The van der Waals surface area contributed by atoms with E-state index in [9.17, 15) is 4.79 Å². The van der Waals surface area contributed by atoms with Crippen molar-refractivity contribution in [3.05, 3.63) is 12.7 Å². The normalized spacial score (nSPS) is 15.8. The summed E-state index contributed by atoms with van der Waals surface area (Å²) >= 11 is 3.00. The lowest BCUT2D eigenvalue weighted by Crippen LogP contribution is -2.14. The number of carbonyl (C=O) groups is 1. The first-order chi connectivity index (χ1) is 8.78. The zero-order chi connectivity index (χ0) is 12.8. The third kappa shape index (κ3) is 4.10. The summed E-state index contributed by atoms with van der Waals surface area (Å²) in [5.74, 6) is 1.44. The summed E-state index contributed by atoms with van der Waals surface area (Å²) in [5.41, 5.74) is 0. The molecular formula is C12H17N3OS2. The molecule has 1 aliphatic carbocycles. The summed E-state index contributed by atoms with van der Waals surface area (Å²) in [7, 11) is 0. The number of thioether (sulfide) groups is 1. The number of nitrogens with zero attached hydrogens (tertiary/aromatic N) is 2. The predicted octanol–water partition coefficient (Wildman–Crippen LogP) is 3.34. The largest absolute Gasteiger partial charge is 0.300 e. The Kier molecular flexibility index (Phi) is 5.19. The van der Waals surface area contributed by atoms with E-state index in [4.69, 9.17) is 0 Å². The van der Waals surface area contributed by atoms with Gasteiger partial charge in [-0.3, -0.25) is 4.79 Å². The first kappa shape index (κ1) is 13.5.